The van der Waals surface area contributed by atoms with Crippen LogP contribution in [-0.2, 0) is 136 Å². The molecule has 0 aliphatic heterocycles. The van der Waals surface area contributed by atoms with E-state index in [1.54, 1.807) is 0 Å². The first-order valence-electron chi connectivity index (χ1n) is 28.4. The van der Waals surface area contributed by atoms with Crippen molar-refractivity contribution >= 4 is 77.8 Å². The number of hydrogen-bond donors (Lipinski definition) is 0. The van der Waals surface area contributed by atoms with Crippen LogP contribution in [0.15, 0.2) is 11.6 Å². The predicted octanol–water partition coefficient (Wildman–Crippen LogP) is 15.1. The van der Waals surface area contributed by atoms with Gasteiger partial charge in [0.05, 0.1) is 0 Å². The monoisotopic (exact) mass is 1460 g/mol. The Morgan fingerprint density at radius 3 is 1.14 bits per heavy atom. The van der Waals surface area contributed by atoms with E-state index >= 15 is 0 Å². The molecule has 4 fully saturated rings. The minimum absolute atomic E-state index is 0. The van der Waals surface area contributed by atoms with Crippen molar-refractivity contribution in [3.05, 3.63) is 11.6 Å². The van der Waals surface area contributed by atoms with Gasteiger partial charge in [0.1, 0.15) is 42.7 Å². The SMILES string of the molecule is C.CC(=O)Cl.COP(=O)(OC)OC(=O)O[C@H]1CCC2(C)C(=CCC3C2CCC2(C)C3CCC2[C@@H](C)CCCC(C)C)C1.COP(=O)(OC)OC1C(OP(=O)(OC)OC)C(OP(=O)(OC)OC)C(OP(=O)(OC)OC)C(OP(=O)(OC)OC)C1OP(=O)(OC)OC. The van der Waals surface area contributed by atoms with Gasteiger partial charge >= 0.3 is 60.9 Å². The zero-order chi connectivity index (χ0) is 67.8. The van der Waals surface area contributed by atoms with Gasteiger partial charge in [-0.05, 0) is 103 Å². The topological polar surface area (TPSA) is 357 Å². The van der Waals surface area contributed by atoms with E-state index in [1.165, 1.54) is 71.7 Å². The number of carbonyl (C=O) groups excluding carboxylic acids is 2. The molecule has 0 heterocycles. The third kappa shape index (κ3) is 22.1. The molecule has 0 aromatic heterocycles. The summed E-state index contributed by atoms with van der Waals surface area (Å²) in [5.74, 6) is 4.83. The van der Waals surface area contributed by atoms with Crippen molar-refractivity contribution in [2.75, 3.05) is 99.5 Å². The van der Waals surface area contributed by atoms with E-state index in [0.29, 0.717) is 5.41 Å². The van der Waals surface area contributed by atoms with Crippen LogP contribution in [0.5, 0.6) is 0 Å². The Hall–Kier alpha value is -0.220. The van der Waals surface area contributed by atoms with Crippen molar-refractivity contribution in [3.8, 4) is 0 Å². The number of carbonyl (C=O) groups is 2. The molecule has 532 valence electrons. The quantitative estimate of drug-likeness (QED) is 0.0255. The number of phosphoric acid groups is 7. The van der Waals surface area contributed by atoms with Crippen LogP contribution in [0.4, 0.5) is 4.79 Å². The summed E-state index contributed by atoms with van der Waals surface area (Å²) in [5, 5.41) is -0.361. The maximum atomic E-state index is 13.5. The molecule has 6 unspecified atom stereocenters. The zero-order valence-corrected chi connectivity index (χ0v) is 61.5. The molecule has 0 radical (unpaired) electrons. The largest absolute Gasteiger partial charge is 0.534 e. The van der Waals surface area contributed by atoms with Crippen LogP contribution in [0.2, 0.25) is 0 Å². The third-order valence-corrected chi connectivity index (χ3v) is 26.9. The summed E-state index contributed by atoms with van der Waals surface area (Å²) in [7, 11) is -19.5. The normalized spacial score (nSPS) is 29.4. The number of halogens is 1. The van der Waals surface area contributed by atoms with E-state index in [0.717, 1.165) is 147 Å². The number of phosphoric ester groups is 7. The Balaban J connectivity index is 0.000000586. The molecule has 0 saturated heterocycles. The lowest BCUT2D eigenvalue weighted by molar-refractivity contribution is -0.205. The van der Waals surface area contributed by atoms with Crippen LogP contribution in [-0.4, -0.2) is 154 Å². The number of ether oxygens (including phenoxy) is 1. The first-order valence-corrected chi connectivity index (χ1v) is 39.0. The molecule has 90 heavy (non-hydrogen) atoms. The van der Waals surface area contributed by atoms with Crippen LogP contribution >= 0.6 is 66.4 Å². The van der Waals surface area contributed by atoms with Crippen LogP contribution in [0.3, 0.4) is 0 Å². The lowest BCUT2D eigenvalue weighted by Crippen LogP contribution is -2.66. The minimum Gasteiger partial charge on any atom is -0.430 e. The number of rotatable bonds is 33. The standard InChI is InChI=1S/C30H51O6P.C18H42O24P6.C2H3ClO.CH4/c1-20(2)9-8-10-21(3)25-13-14-26-24-12-11-22-19-23(35-28(31)36-37(32,33-6)34-7)15-17-29(22,4)27(24)16-18-30(25,26)5;1-25-43(19,26-2)37-13-14(38-44(20,27-3)28-4)16(40-46(22,31-7)32-8)18(42-48(24,35-11)36-12)17(41-47(23,33-9)34-10)15(13)39-45(21,29-5)30-6;1-2(3)4;/h11,20-21,23-27H,8-10,12-19H2,1-7H3;13-18H,1-12H3;1H3;1H4/t21-,23-,24?,25?,26?,27?,29?,30?;;;/m0.../s1. The zero-order valence-electron chi connectivity index (χ0n) is 54.5. The highest BCUT2D eigenvalue weighted by Gasteiger charge is 2.65. The lowest BCUT2D eigenvalue weighted by Gasteiger charge is -2.58. The molecular weight excluding hydrogens is 1360 g/mol. The van der Waals surface area contributed by atoms with Gasteiger partial charge in [0.25, 0.3) is 0 Å². The molecule has 5 aliphatic carbocycles. The summed E-state index contributed by atoms with van der Waals surface area (Å²) in [5.41, 5.74) is 2.11. The minimum atomic E-state index is -4.77. The van der Waals surface area contributed by atoms with E-state index in [9.17, 15) is 41.5 Å². The summed E-state index contributed by atoms with van der Waals surface area (Å²) in [6.07, 6.45) is 1.02. The fourth-order valence-corrected chi connectivity index (χ4v) is 18.5. The average Bonchev–Trinajstić information content (AvgIpc) is 1.25. The summed E-state index contributed by atoms with van der Waals surface area (Å²) < 4.78 is 205. The number of fused-ring (bicyclic) bond motifs is 5. The van der Waals surface area contributed by atoms with Gasteiger partial charge in [-0.1, -0.05) is 73.0 Å². The van der Waals surface area contributed by atoms with Crippen molar-refractivity contribution in [3.63, 3.8) is 0 Å². The van der Waals surface area contributed by atoms with Crippen LogP contribution in [0.1, 0.15) is 120 Å². The van der Waals surface area contributed by atoms with Crippen LogP contribution < -0.4 is 0 Å². The summed E-state index contributed by atoms with van der Waals surface area (Å²) in [4.78, 5) is 21.5. The fraction of sp³-hybridized carbons (Fsp3) is 0.922. The molecule has 4 saturated carbocycles. The lowest BCUT2D eigenvalue weighted by atomic mass is 9.47. The van der Waals surface area contributed by atoms with Crippen molar-refractivity contribution in [1.82, 2.24) is 0 Å². The van der Waals surface area contributed by atoms with Crippen molar-refractivity contribution in [1.29, 1.82) is 0 Å². The smallest absolute Gasteiger partial charge is 0.430 e. The highest BCUT2D eigenvalue weighted by Crippen LogP contribution is 2.69. The molecule has 0 aromatic carbocycles. The van der Waals surface area contributed by atoms with Crippen molar-refractivity contribution in [2.24, 2.45) is 46.3 Å². The Morgan fingerprint density at radius 2 is 0.833 bits per heavy atom. The average molecular weight is 1460 g/mol. The maximum Gasteiger partial charge on any atom is 0.534 e. The Labute approximate surface area is 536 Å². The molecule has 0 spiro atoms. The molecule has 31 nitrogen and oxygen atoms in total. The molecule has 5 aliphatic rings. The first-order chi connectivity index (χ1) is 41.5. The molecule has 8 atom stereocenters. The molecule has 0 bridgehead atoms. The summed E-state index contributed by atoms with van der Waals surface area (Å²) in [6.45, 7) is 13.6. The van der Waals surface area contributed by atoms with Gasteiger partial charge in [0, 0.05) is 113 Å². The van der Waals surface area contributed by atoms with Gasteiger partial charge in [-0.3, -0.25) is 95.3 Å². The predicted molar refractivity (Wildman–Crippen MR) is 328 cm³/mol. The van der Waals surface area contributed by atoms with E-state index in [4.69, 9.17) is 99.7 Å². The number of hydrogen-bond acceptors (Lipinski definition) is 31. The van der Waals surface area contributed by atoms with Gasteiger partial charge in [-0.15, -0.1) is 0 Å². The first kappa shape index (κ1) is 85.9. The number of allylic oxidation sites excluding steroid dienone is 1. The van der Waals surface area contributed by atoms with E-state index in [-0.39, 0.29) is 24.2 Å². The fourth-order valence-electron chi connectivity index (χ4n) is 12.9. The van der Waals surface area contributed by atoms with Gasteiger partial charge in [-0.2, -0.15) is 0 Å². The molecule has 39 heteroatoms. The molecule has 0 aromatic rings. The second kappa shape index (κ2) is 37.1. The van der Waals surface area contributed by atoms with Gasteiger partial charge in [0.15, 0.2) is 0 Å². The van der Waals surface area contributed by atoms with E-state index in [2.05, 4.69) is 52.3 Å². The van der Waals surface area contributed by atoms with Crippen LogP contribution in [0, 0.1) is 46.3 Å². The highest BCUT2D eigenvalue weighted by atomic mass is 35.5. The second-order valence-corrected chi connectivity index (χ2v) is 35.5. The van der Waals surface area contributed by atoms with Crippen LogP contribution in [0.25, 0.3) is 0 Å². The second-order valence-electron chi connectivity index (χ2n) is 22.2. The third-order valence-electron chi connectivity index (χ3n) is 17.3. The van der Waals surface area contributed by atoms with E-state index < -0.39 is 97.5 Å². The van der Waals surface area contributed by atoms with E-state index in [1.807, 2.05) is 0 Å². The highest BCUT2D eigenvalue weighted by molar-refractivity contribution is 7.50. The molecule has 0 amide bonds. The molecule has 0 N–H and O–H groups in total. The van der Waals surface area contributed by atoms with Gasteiger partial charge in [0.2, 0.25) is 5.24 Å². The van der Waals surface area contributed by atoms with Crippen molar-refractivity contribution < 1.29 is 141 Å². The maximum absolute atomic E-state index is 13.5. The van der Waals surface area contributed by atoms with Gasteiger partial charge < -0.3 is 9.26 Å². The van der Waals surface area contributed by atoms with Crippen molar-refractivity contribution in [2.45, 2.75) is 162 Å². The van der Waals surface area contributed by atoms with Gasteiger partial charge in [-0.25, -0.2) is 36.7 Å². The Bertz CT molecular complexity index is 2330. The Kier molecular flexibility index (Phi) is 35.4. The molecular formula is C51H100ClO31P7. The molecule has 5 rings (SSSR count). The summed E-state index contributed by atoms with van der Waals surface area (Å²) in [6, 6.07) is 0. The Morgan fingerprint density at radius 1 is 0.500 bits per heavy atom. The summed E-state index contributed by atoms with van der Waals surface area (Å²) >= 11 is 4.64.